The lowest BCUT2D eigenvalue weighted by Gasteiger charge is -2.32. The van der Waals surface area contributed by atoms with Crippen LogP contribution in [0.2, 0.25) is 0 Å². The van der Waals surface area contributed by atoms with Gasteiger partial charge in [0.25, 0.3) is 0 Å². The first-order chi connectivity index (χ1) is 8.38. The first kappa shape index (κ1) is 19.6. The molecule has 1 unspecified atom stereocenters. The Morgan fingerprint density at radius 2 is 1.67 bits per heavy atom. The maximum atomic E-state index is 11.7. The molecule has 1 aliphatic rings. The average molecular weight is 259 g/mol. The molecular formula is C15H33NO2. The molecule has 1 fully saturated rings. The average Bonchev–Trinajstić information content (AvgIpc) is 2.32. The summed E-state index contributed by atoms with van der Waals surface area (Å²) in [5.74, 6) is 0.608. The van der Waals surface area contributed by atoms with Gasteiger partial charge in [0.05, 0.1) is 0 Å². The Balaban J connectivity index is 0. The minimum Gasteiger partial charge on any atom is -0.444 e. The van der Waals surface area contributed by atoms with Crippen LogP contribution in [0.4, 0.5) is 4.79 Å². The van der Waals surface area contributed by atoms with Gasteiger partial charge >= 0.3 is 6.09 Å². The quantitative estimate of drug-likeness (QED) is 0.630. The zero-order valence-electron chi connectivity index (χ0n) is 13.7. The zero-order valence-corrected chi connectivity index (χ0v) is 13.7. The first-order valence-electron chi connectivity index (χ1n) is 7.36. The fourth-order valence-corrected chi connectivity index (χ4v) is 1.68. The van der Waals surface area contributed by atoms with Gasteiger partial charge in [-0.3, -0.25) is 0 Å². The van der Waals surface area contributed by atoms with E-state index in [1.54, 1.807) is 0 Å². The van der Waals surface area contributed by atoms with Crippen molar-refractivity contribution >= 4 is 6.09 Å². The van der Waals surface area contributed by atoms with Gasteiger partial charge in [-0.05, 0) is 39.5 Å². The largest absolute Gasteiger partial charge is 0.444 e. The van der Waals surface area contributed by atoms with E-state index in [2.05, 4.69) is 6.92 Å². The van der Waals surface area contributed by atoms with Crippen molar-refractivity contribution in [3.05, 3.63) is 0 Å². The van der Waals surface area contributed by atoms with E-state index in [1.165, 1.54) is 6.42 Å². The van der Waals surface area contributed by atoms with E-state index >= 15 is 0 Å². The summed E-state index contributed by atoms with van der Waals surface area (Å²) >= 11 is 0. The minimum atomic E-state index is -0.377. The molecule has 1 rings (SSSR count). The molecule has 0 N–H and O–H groups in total. The SMILES string of the molecule is CC.CC.CC1CCCN(C(=O)OC(C)(C)C)C1. The molecule has 0 aromatic heterocycles. The van der Waals surface area contributed by atoms with E-state index in [1.807, 2.05) is 53.4 Å². The number of nitrogens with zero attached hydrogens (tertiary/aromatic N) is 1. The van der Waals surface area contributed by atoms with Crippen molar-refractivity contribution in [3.8, 4) is 0 Å². The number of carbonyl (C=O) groups excluding carboxylic acids is 1. The third-order valence-electron chi connectivity index (χ3n) is 2.31. The summed E-state index contributed by atoms with van der Waals surface area (Å²) < 4.78 is 5.31. The zero-order chi connectivity index (χ0) is 14.8. The number of ether oxygens (including phenoxy) is 1. The third-order valence-corrected chi connectivity index (χ3v) is 2.31. The molecule has 3 heteroatoms. The Morgan fingerprint density at radius 3 is 2.06 bits per heavy atom. The Morgan fingerprint density at radius 1 is 1.17 bits per heavy atom. The van der Waals surface area contributed by atoms with E-state index in [-0.39, 0.29) is 11.7 Å². The first-order valence-corrected chi connectivity index (χ1v) is 7.36. The monoisotopic (exact) mass is 259 g/mol. The highest BCUT2D eigenvalue weighted by Crippen LogP contribution is 2.18. The van der Waals surface area contributed by atoms with Crippen molar-refractivity contribution in [2.24, 2.45) is 5.92 Å². The summed E-state index contributed by atoms with van der Waals surface area (Å²) in [5.41, 5.74) is -0.377. The lowest BCUT2D eigenvalue weighted by Crippen LogP contribution is -2.42. The molecule has 1 amide bonds. The number of rotatable bonds is 0. The Kier molecular flexibility index (Phi) is 11.1. The molecule has 1 aliphatic heterocycles. The number of hydrogen-bond acceptors (Lipinski definition) is 2. The van der Waals surface area contributed by atoms with E-state index < -0.39 is 0 Å². The van der Waals surface area contributed by atoms with Crippen LogP contribution in [-0.4, -0.2) is 29.7 Å². The highest BCUT2D eigenvalue weighted by Gasteiger charge is 2.25. The summed E-state index contributed by atoms with van der Waals surface area (Å²) in [7, 11) is 0. The van der Waals surface area contributed by atoms with Crippen molar-refractivity contribution < 1.29 is 9.53 Å². The van der Waals surface area contributed by atoms with Crippen LogP contribution in [0.3, 0.4) is 0 Å². The van der Waals surface area contributed by atoms with Crippen molar-refractivity contribution in [3.63, 3.8) is 0 Å². The van der Waals surface area contributed by atoms with Gasteiger partial charge in [-0.15, -0.1) is 0 Å². The van der Waals surface area contributed by atoms with Gasteiger partial charge in [-0.25, -0.2) is 4.79 Å². The maximum Gasteiger partial charge on any atom is 0.410 e. The van der Waals surface area contributed by atoms with Gasteiger partial charge in [0.1, 0.15) is 5.60 Å². The fourth-order valence-electron chi connectivity index (χ4n) is 1.68. The van der Waals surface area contributed by atoms with Gasteiger partial charge in [0, 0.05) is 13.1 Å². The molecule has 0 aromatic rings. The number of hydrogen-bond donors (Lipinski definition) is 0. The molecule has 0 saturated carbocycles. The maximum absolute atomic E-state index is 11.7. The van der Waals surface area contributed by atoms with Crippen LogP contribution in [0.5, 0.6) is 0 Å². The molecule has 1 atom stereocenters. The van der Waals surface area contributed by atoms with Crippen LogP contribution in [-0.2, 0) is 4.74 Å². The van der Waals surface area contributed by atoms with Crippen LogP contribution in [0.25, 0.3) is 0 Å². The topological polar surface area (TPSA) is 29.5 Å². The molecule has 110 valence electrons. The second-order valence-electron chi connectivity index (χ2n) is 5.17. The van der Waals surface area contributed by atoms with Crippen molar-refractivity contribution in [2.75, 3.05) is 13.1 Å². The van der Waals surface area contributed by atoms with Crippen molar-refractivity contribution in [1.29, 1.82) is 0 Å². The van der Waals surface area contributed by atoms with Crippen LogP contribution in [0.1, 0.15) is 68.2 Å². The molecule has 0 bridgehead atoms. The van der Waals surface area contributed by atoms with Crippen molar-refractivity contribution in [2.45, 2.75) is 73.8 Å². The smallest absolute Gasteiger partial charge is 0.410 e. The molecule has 18 heavy (non-hydrogen) atoms. The number of likely N-dealkylation sites (tertiary alicyclic amines) is 1. The molecular weight excluding hydrogens is 226 g/mol. The van der Waals surface area contributed by atoms with E-state index in [9.17, 15) is 4.79 Å². The minimum absolute atomic E-state index is 0.163. The predicted molar refractivity (Wildman–Crippen MR) is 78.9 cm³/mol. The second-order valence-corrected chi connectivity index (χ2v) is 5.17. The molecule has 0 radical (unpaired) electrons. The van der Waals surface area contributed by atoms with Crippen LogP contribution < -0.4 is 0 Å². The molecule has 0 spiro atoms. The molecule has 0 aliphatic carbocycles. The molecule has 3 nitrogen and oxygen atoms in total. The normalized spacial score (nSPS) is 18.9. The highest BCUT2D eigenvalue weighted by molar-refractivity contribution is 5.68. The fraction of sp³-hybridized carbons (Fsp3) is 0.933. The van der Waals surface area contributed by atoms with E-state index in [0.29, 0.717) is 5.92 Å². The Bertz CT molecular complexity index is 209. The Hall–Kier alpha value is -0.730. The lowest BCUT2D eigenvalue weighted by atomic mass is 10.0. The summed E-state index contributed by atoms with van der Waals surface area (Å²) in [4.78, 5) is 13.5. The van der Waals surface area contributed by atoms with Crippen LogP contribution in [0.15, 0.2) is 0 Å². The van der Waals surface area contributed by atoms with Crippen molar-refractivity contribution in [1.82, 2.24) is 4.90 Å². The lowest BCUT2D eigenvalue weighted by molar-refractivity contribution is 0.0174. The van der Waals surface area contributed by atoms with E-state index in [0.717, 1.165) is 19.5 Å². The number of piperidine rings is 1. The summed E-state index contributed by atoms with van der Waals surface area (Å²) in [5, 5.41) is 0. The summed E-state index contributed by atoms with van der Waals surface area (Å²) in [6.07, 6.45) is 2.16. The van der Waals surface area contributed by atoms with Gasteiger partial charge in [-0.2, -0.15) is 0 Å². The molecule has 1 heterocycles. The Labute approximate surface area is 114 Å². The highest BCUT2D eigenvalue weighted by atomic mass is 16.6. The van der Waals surface area contributed by atoms with Crippen LogP contribution in [0, 0.1) is 5.92 Å². The molecule has 1 saturated heterocycles. The van der Waals surface area contributed by atoms with E-state index in [4.69, 9.17) is 4.74 Å². The second kappa shape index (κ2) is 10.2. The van der Waals surface area contributed by atoms with Gasteiger partial charge in [-0.1, -0.05) is 34.6 Å². The predicted octanol–water partition coefficient (Wildman–Crippen LogP) is 4.71. The summed E-state index contributed by atoms with van der Waals surface area (Å²) in [6, 6.07) is 0. The van der Waals surface area contributed by atoms with Gasteiger partial charge in [0.2, 0.25) is 0 Å². The number of carbonyl (C=O) groups is 1. The third kappa shape index (κ3) is 9.32. The van der Waals surface area contributed by atoms with Crippen LogP contribution >= 0.6 is 0 Å². The van der Waals surface area contributed by atoms with Gasteiger partial charge < -0.3 is 9.64 Å². The molecule has 0 aromatic carbocycles. The number of amides is 1. The summed E-state index contributed by atoms with van der Waals surface area (Å²) in [6.45, 7) is 17.6. The van der Waals surface area contributed by atoms with Gasteiger partial charge in [0.15, 0.2) is 0 Å². The standard InChI is InChI=1S/C11H21NO2.2C2H6/c1-9-6-5-7-12(8-9)10(13)14-11(2,3)4;2*1-2/h9H,5-8H2,1-4H3;2*1-2H3.